The number of hydrogen-bond donors (Lipinski definition) is 0. The van der Waals surface area contributed by atoms with Crippen LogP contribution in [0.25, 0.3) is 24.2 Å². The molecule has 0 saturated heterocycles. The Balaban J connectivity index is 0.000000547. The molecular weight excluding hydrogens is 609 g/mol. The van der Waals surface area contributed by atoms with E-state index in [1.807, 2.05) is 156 Å². The quantitative estimate of drug-likeness (QED) is 0.150. The molecule has 229 valence electrons. The predicted molar refractivity (Wildman–Crippen MR) is 187 cm³/mol. The van der Waals surface area contributed by atoms with Crippen molar-refractivity contribution in [3.63, 3.8) is 0 Å². The second-order valence-electron chi connectivity index (χ2n) is 9.74. The first kappa shape index (κ1) is 40.1. The first-order chi connectivity index (χ1) is 21.6. The fourth-order valence-electron chi connectivity index (χ4n) is 3.10. The number of nitrogens with zero attached hydrogens (tertiary/aromatic N) is 5. The van der Waals surface area contributed by atoms with Crippen LogP contribution in [0.3, 0.4) is 0 Å². The van der Waals surface area contributed by atoms with Crippen LogP contribution in [0.2, 0.25) is 0 Å². The third-order valence-corrected chi connectivity index (χ3v) is 5.82. The average Bonchev–Trinajstić information content (AvgIpc) is 3.08. The van der Waals surface area contributed by atoms with Crippen LogP contribution in [0.1, 0.15) is 27.8 Å². The van der Waals surface area contributed by atoms with Crippen molar-refractivity contribution < 1.29 is 16.8 Å². The summed E-state index contributed by atoms with van der Waals surface area (Å²) < 4.78 is 0. The minimum atomic E-state index is 0. The van der Waals surface area contributed by atoms with Gasteiger partial charge in [0.25, 0.3) is 0 Å². The molecule has 0 aliphatic rings. The number of aryl methyl sites for hydroxylation is 5. The van der Waals surface area contributed by atoms with Crippen molar-refractivity contribution in [1.82, 2.24) is 0 Å². The number of hydrogen-bond acceptors (Lipinski definition) is 0. The zero-order valence-corrected chi connectivity index (χ0v) is 27.7. The summed E-state index contributed by atoms with van der Waals surface area (Å²) in [5, 5.41) is 0. The molecule has 6 heteroatoms. The van der Waals surface area contributed by atoms with Gasteiger partial charge in [-0.1, -0.05) is 149 Å². The van der Waals surface area contributed by atoms with Crippen molar-refractivity contribution >= 4 is 28.4 Å². The molecule has 0 heterocycles. The third-order valence-electron chi connectivity index (χ3n) is 5.82. The first-order valence-electron chi connectivity index (χ1n) is 13.8. The van der Waals surface area contributed by atoms with E-state index in [-0.39, 0.29) is 16.8 Å². The fourth-order valence-corrected chi connectivity index (χ4v) is 3.10. The zero-order chi connectivity index (χ0) is 33.5. The second-order valence-corrected chi connectivity index (χ2v) is 9.74. The summed E-state index contributed by atoms with van der Waals surface area (Å²) in [6, 6.07) is 37.6. The molecule has 0 unspecified atom stereocenters. The van der Waals surface area contributed by atoms with E-state index in [9.17, 15) is 0 Å². The van der Waals surface area contributed by atoms with E-state index in [2.05, 4.69) is 24.2 Å². The Morgan fingerprint density at radius 1 is 0.261 bits per heavy atom. The molecule has 0 fully saturated rings. The molecule has 0 aliphatic heterocycles. The van der Waals surface area contributed by atoms with Crippen LogP contribution in [0, 0.1) is 67.5 Å². The van der Waals surface area contributed by atoms with Gasteiger partial charge in [-0.25, -0.2) is 24.2 Å². The molecule has 5 rings (SSSR count). The van der Waals surface area contributed by atoms with Gasteiger partial charge in [-0.2, -0.15) is 0 Å². The standard InChI is InChI=1S/5C8H7N.Co/c5*1-7-3-5-8(9-2)6-4-7;/h5*3-6H,1H3;. The molecule has 0 bridgehead atoms. The van der Waals surface area contributed by atoms with E-state index in [0.717, 1.165) is 0 Å². The second kappa shape index (κ2) is 23.5. The maximum Gasteiger partial charge on any atom is 0.187 e. The summed E-state index contributed by atoms with van der Waals surface area (Å²) in [4.78, 5) is 16.3. The summed E-state index contributed by atoms with van der Waals surface area (Å²) in [6.45, 7) is 43.2. The van der Waals surface area contributed by atoms with E-state index in [0.29, 0.717) is 28.4 Å². The molecule has 0 spiro atoms. The van der Waals surface area contributed by atoms with Gasteiger partial charge in [0.1, 0.15) is 0 Å². The number of benzene rings is 5. The van der Waals surface area contributed by atoms with Gasteiger partial charge in [-0.3, -0.25) is 0 Å². The van der Waals surface area contributed by atoms with Crippen LogP contribution in [-0.4, -0.2) is 0 Å². The number of rotatable bonds is 0. The average molecular weight is 645 g/mol. The molecule has 0 N–H and O–H groups in total. The molecule has 5 aromatic rings. The molecule has 0 atom stereocenters. The Hall–Kier alpha value is -5.94. The van der Waals surface area contributed by atoms with Gasteiger partial charge in [-0.15, -0.1) is 0 Å². The third kappa shape index (κ3) is 17.9. The van der Waals surface area contributed by atoms with Crippen LogP contribution >= 0.6 is 0 Å². The maximum atomic E-state index is 6.64. The Labute approximate surface area is 285 Å². The molecule has 0 saturated carbocycles. The van der Waals surface area contributed by atoms with Crippen LogP contribution in [0.4, 0.5) is 28.4 Å². The molecule has 0 aliphatic carbocycles. The van der Waals surface area contributed by atoms with Crippen LogP contribution in [0.5, 0.6) is 0 Å². The van der Waals surface area contributed by atoms with Gasteiger partial charge >= 0.3 is 0 Å². The molecule has 1 radical (unpaired) electrons. The Bertz CT molecular complexity index is 1470. The van der Waals surface area contributed by atoms with Crippen LogP contribution in [0.15, 0.2) is 121 Å². The van der Waals surface area contributed by atoms with Crippen molar-refractivity contribution in [3.8, 4) is 0 Å². The van der Waals surface area contributed by atoms with Gasteiger partial charge in [0.2, 0.25) is 0 Å². The summed E-state index contributed by atoms with van der Waals surface area (Å²) in [6.07, 6.45) is 0. The smallest absolute Gasteiger partial charge is 0.187 e. The first-order valence-corrected chi connectivity index (χ1v) is 13.8. The van der Waals surface area contributed by atoms with E-state index >= 15 is 0 Å². The fraction of sp³-hybridized carbons (Fsp3) is 0.125. The van der Waals surface area contributed by atoms with Gasteiger partial charge < -0.3 is 0 Å². The molecule has 0 aromatic heterocycles. The Morgan fingerprint density at radius 3 is 0.457 bits per heavy atom. The molecule has 5 aromatic carbocycles. The van der Waals surface area contributed by atoms with E-state index in [1.54, 1.807) is 0 Å². The molecule has 46 heavy (non-hydrogen) atoms. The zero-order valence-electron chi connectivity index (χ0n) is 26.6. The minimum Gasteiger partial charge on any atom is -0.238 e. The van der Waals surface area contributed by atoms with Gasteiger partial charge in [-0.05, 0) is 34.6 Å². The molecule has 5 nitrogen and oxygen atoms in total. The summed E-state index contributed by atoms with van der Waals surface area (Å²) in [5.41, 5.74) is 9.53. The molecule has 0 amide bonds. The SMILES string of the molecule is [C-]#[N+]c1ccc(C)cc1.[C-]#[N+]c1ccc(C)cc1.[C-]#[N+]c1ccc(C)cc1.[C-]#[N+]c1ccc(C)cc1.[C-]#[N+]c1ccc(C)cc1.[Co]. The normalized spacial score (nSPS) is 8.26. The minimum absolute atomic E-state index is 0. The Morgan fingerprint density at radius 2 is 0.370 bits per heavy atom. The van der Waals surface area contributed by atoms with Crippen molar-refractivity contribution in [3.05, 3.63) is 206 Å². The van der Waals surface area contributed by atoms with Gasteiger partial charge in [0.05, 0.1) is 32.9 Å². The van der Waals surface area contributed by atoms with Crippen LogP contribution in [-0.2, 0) is 16.8 Å². The van der Waals surface area contributed by atoms with Crippen molar-refractivity contribution in [1.29, 1.82) is 0 Å². The van der Waals surface area contributed by atoms with E-state index < -0.39 is 0 Å². The monoisotopic (exact) mass is 644 g/mol. The van der Waals surface area contributed by atoms with E-state index in [1.165, 1.54) is 27.8 Å². The van der Waals surface area contributed by atoms with Crippen molar-refractivity contribution in [2.75, 3.05) is 0 Å². The maximum absolute atomic E-state index is 6.64. The Kier molecular flexibility index (Phi) is 20.5. The van der Waals surface area contributed by atoms with Gasteiger partial charge in [0, 0.05) is 16.8 Å². The predicted octanol–water partition coefficient (Wildman–Crippen LogP) is 12.7. The van der Waals surface area contributed by atoms with Crippen LogP contribution < -0.4 is 0 Å². The van der Waals surface area contributed by atoms with Crippen molar-refractivity contribution in [2.45, 2.75) is 34.6 Å². The largest absolute Gasteiger partial charge is 0.238 e. The molecular formula is C40H35CoN5. The van der Waals surface area contributed by atoms with Crippen molar-refractivity contribution in [2.24, 2.45) is 0 Å². The van der Waals surface area contributed by atoms with E-state index in [4.69, 9.17) is 32.9 Å². The topological polar surface area (TPSA) is 21.8 Å². The van der Waals surface area contributed by atoms with Gasteiger partial charge in [0.15, 0.2) is 28.4 Å². The summed E-state index contributed by atoms with van der Waals surface area (Å²) in [7, 11) is 0. The summed E-state index contributed by atoms with van der Waals surface area (Å²) in [5.74, 6) is 0. The summed E-state index contributed by atoms with van der Waals surface area (Å²) >= 11 is 0.